The third kappa shape index (κ3) is 24.2. The molecule has 0 saturated heterocycles. The molecule has 0 atom stereocenters. The fourth-order valence-electron chi connectivity index (χ4n) is 5.10. The van der Waals surface area contributed by atoms with Gasteiger partial charge in [0, 0.05) is 79.8 Å². The van der Waals surface area contributed by atoms with Crippen LogP contribution in [-0.4, -0.2) is 94.3 Å². The van der Waals surface area contributed by atoms with Crippen molar-refractivity contribution in [1.29, 1.82) is 0 Å². The highest BCUT2D eigenvalue weighted by molar-refractivity contribution is 5.85. The summed E-state index contributed by atoms with van der Waals surface area (Å²) in [4.78, 5) is 73.8. The Balaban J connectivity index is 5.30. The van der Waals surface area contributed by atoms with E-state index in [9.17, 15) is 28.8 Å². The summed E-state index contributed by atoms with van der Waals surface area (Å²) in [6, 6.07) is 0. The molecule has 3 amide bonds. The fourth-order valence-corrected chi connectivity index (χ4v) is 5.10. The molecule has 0 heterocycles. The van der Waals surface area contributed by atoms with Crippen molar-refractivity contribution in [3.8, 4) is 0 Å². The molecular weight excluding hydrogens is 654 g/mol. The number of rotatable bonds is 25. The van der Waals surface area contributed by atoms with E-state index in [2.05, 4.69) is 36.7 Å². The summed E-state index contributed by atoms with van der Waals surface area (Å²) in [7, 11) is 0. The van der Waals surface area contributed by atoms with Crippen LogP contribution in [0.15, 0.2) is 0 Å². The first-order valence-electron chi connectivity index (χ1n) is 18.4. The molecule has 12 nitrogen and oxygen atoms in total. The van der Waals surface area contributed by atoms with Gasteiger partial charge in [-0.1, -0.05) is 83.1 Å². The van der Waals surface area contributed by atoms with Gasteiger partial charge >= 0.3 is 0 Å². The summed E-state index contributed by atoms with van der Waals surface area (Å²) < 4.78 is 18.1. The highest BCUT2D eigenvalue weighted by Gasteiger charge is 2.36. The Kier molecular flexibility index (Phi) is 21.2. The quantitative estimate of drug-likeness (QED) is 0.110. The van der Waals surface area contributed by atoms with Gasteiger partial charge in [-0.05, 0) is 11.8 Å². The predicted molar refractivity (Wildman–Crippen MR) is 199 cm³/mol. The summed E-state index contributed by atoms with van der Waals surface area (Å²) in [6.07, 6.45) is 1.77. The highest BCUT2D eigenvalue weighted by Crippen LogP contribution is 2.35. The zero-order chi connectivity index (χ0) is 39.5. The minimum absolute atomic E-state index is 0.0762. The minimum atomic E-state index is -0.654. The van der Waals surface area contributed by atoms with E-state index in [1.165, 1.54) is 0 Å². The van der Waals surface area contributed by atoms with E-state index in [4.69, 9.17) is 14.2 Å². The number of hydrogen-bond donors (Lipinski definition) is 3. The Labute approximate surface area is 308 Å². The number of amides is 3. The van der Waals surface area contributed by atoms with Crippen LogP contribution < -0.4 is 16.0 Å². The highest BCUT2D eigenvalue weighted by atomic mass is 16.5. The monoisotopic (exact) mass is 726 g/mol. The van der Waals surface area contributed by atoms with Gasteiger partial charge in [-0.25, -0.2) is 0 Å². The molecule has 0 saturated carbocycles. The van der Waals surface area contributed by atoms with E-state index in [1.54, 1.807) is 0 Å². The lowest BCUT2D eigenvalue weighted by Crippen LogP contribution is -2.41. The number of Topliss-reactive ketones (excluding diaryl/α,β-unsaturated/α-hetero) is 3. The van der Waals surface area contributed by atoms with Crippen LogP contribution in [0, 0.1) is 27.1 Å². The van der Waals surface area contributed by atoms with Gasteiger partial charge in [0.25, 0.3) is 0 Å². The van der Waals surface area contributed by atoms with Crippen molar-refractivity contribution in [1.82, 2.24) is 16.0 Å². The average Bonchev–Trinajstić information content (AvgIpc) is 2.97. The number of carbonyl (C=O) groups is 6. The van der Waals surface area contributed by atoms with Gasteiger partial charge in [-0.2, -0.15) is 0 Å². The molecule has 0 radical (unpaired) electrons. The summed E-state index contributed by atoms with van der Waals surface area (Å²) in [6.45, 7) is 24.8. The molecule has 0 bridgehead atoms. The van der Waals surface area contributed by atoms with Crippen LogP contribution >= 0.6 is 0 Å². The molecule has 0 spiro atoms. The summed E-state index contributed by atoms with van der Waals surface area (Å²) >= 11 is 0. The van der Waals surface area contributed by atoms with Crippen molar-refractivity contribution in [2.24, 2.45) is 27.1 Å². The van der Waals surface area contributed by atoms with Gasteiger partial charge in [0.15, 0.2) is 0 Å². The van der Waals surface area contributed by atoms with E-state index in [1.807, 2.05) is 62.3 Å². The van der Waals surface area contributed by atoms with Crippen molar-refractivity contribution in [2.75, 3.05) is 59.3 Å². The topological polar surface area (TPSA) is 166 Å². The molecule has 0 aromatic rings. The molecule has 0 aromatic carbocycles. The number of carbonyl (C=O) groups excluding carboxylic acids is 6. The van der Waals surface area contributed by atoms with E-state index in [0.29, 0.717) is 6.42 Å². The normalized spacial score (nSPS) is 12.7. The molecule has 51 heavy (non-hydrogen) atoms. The first-order valence-corrected chi connectivity index (χ1v) is 18.4. The maximum Gasteiger partial charge on any atom is 0.222 e. The first kappa shape index (κ1) is 48.3. The molecule has 0 rings (SSSR count). The minimum Gasteiger partial charge on any atom is -0.380 e. The Morgan fingerprint density at radius 2 is 0.667 bits per heavy atom. The largest absolute Gasteiger partial charge is 0.380 e. The third-order valence-corrected chi connectivity index (χ3v) is 8.08. The molecule has 3 N–H and O–H groups in total. The van der Waals surface area contributed by atoms with Crippen LogP contribution in [0.1, 0.15) is 128 Å². The molecule has 12 heteroatoms. The fraction of sp³-hybridized carbons (Fsp3) is 0.846. The molecular formula is C39H71N3O9. The average molecular weight is 726 g/mol. The predicted octanol–water partition coefficient (Wildman–Crippen LogP) is 4.99. The molecule has 0 aliphatic heterocycles. The van der Waals surface area contributed by atoms with E-state index < -0.39 is 21.7 Å². The smallest absolute Gasteiger partial charge is 0.222 e. The van der Waals surface area contributed by atoms with Crippen LogP contribution in [0.5, 0.6) is 0 Å². The second-order valence-corrected chi connectivity index (χ2v) is 18.0. The van der Waals surface area contributed by atoms with Gasteiger partial charge < -0.3 is 30.2 Å². The summed E-state index contributed by atoms with van der Waals surface area (Å²) in [5.74, 6) is -0.407. The Morgan fingerprint density at radius 3 is 0.882 bits per heavy atom. The lowest BCUT2D eigenvalue weighted by molar-refractivity contribution is -0.127. The van der Waals surface area contributed by atoms with Crippen LogP contribution in [0.3, 0.4) is 0 Å². The van der Waals surface area contributed by atoms with Gasteiger partial charge in [0.1, 0.15) is 17.3 Å². The Morgan fingerprint density at radius 1 is 0.412 bits per heavy atom. The van der Waals surface area contributed by atoms with Gasteiger partial charge in [0.2, 0.25) is 17.7 Å². The van der Waals surface area contributed by atoms with Crippen molar-refractivity contribution in [2.45, 2.75) is 128 Å². The SMILES string of the molecule is CC(C)(C)CC(COCCC(=O)NCCC(=O)C(C)(C)C)(COCCC(=O)NCCC(=O)C(C)(C)C)COCCC(=O)NCCC(=O)C(C)(C)C. The van der Waals surface area contributed by atoms with Crippen LogP contribution in [0.2, 0.25) is 0 Å². The van der Waals surface area contributed by atoms with Crippen molar-refractivity contribution >= 4 is 35.1 Å². The standard InChI is InChI=1S/C39H71N3O9/c1-35(2,3)25-39(26-49-22-16-32(46)40-19-13-29(43)36(4,5)6,27-50-23-17-33(47)41-20-14-30(44)37(7,8)9)28-51-24-18-34(48)42-21-15-31(45)38(10,11)12/h13-28H2,1-12H3,(H,40,46)(H,41,47)(H,42,48). The third-order valence-electron chi connectivity index (χ3n) is 8.08. The van der Waals surface area contributed by atoms with E-state index in [0.717, 1.165) is 0 Å². The van der Waals surface area contributed by atoms with E-state index in [-0.39, 0.29) is 138 Å². The lowest BCUT2D eigenvalue weighted by atomic mass is 9.75. The Hall–Kier alpha value is -2.70. The molecule has 0 unspecified atom stereocenters. The molecule has 0 aliphatic carbocycles. The second-order valence-electron chi connectivity index (χ2n) is 18.0. The van der Waals surface area contributed by atoms with Crippen molar-refractivity contribution in [3.05, 3.63) is 0 Å². The van der Waals surface area contributed by atoms with Crippen molar-refractivity contribution in [3.63, 3.8) is 0 Å². The molecule has 0 aromatic heterocycles. The van der Waals surface area contributed by atoms with E-state index >= 15 is 0 Å². The van der Waals surface area contributed by atoms with Crippen LogP contribution in [-0.2, 0) is 43.0 Å². The van der Waals surface area contributed by atoms with Gasteiger partial charge in [0.05, 0.1) is 39.6 Å². The number of ether oxygens (including phenoxy) is 3. The van der Waals surface area contributed by atoms with Gasteiger partial charge in [-0.15, -0.1) is 0 Å². The number of nitrogens with one attached hydrogen (secondary N) is 3. The molecule has 0 aliphatic rings. The lowest BCUT2D eigenvalue weighted by Gasteiger charge is -2.38. The molecule has 0 fully saturated rings. The molecule has 296 valence electrons. The second kappa shape index (κ2) is 22.4. The van der Waals surface area contributed by atoms with Crippen LogP contribution in [0.4, 0.5) is 0 Å². The van der Waals surface area contributed by atoms with Gasteiger partial charge in [-0.3, -0.25) is 28.8 Å². The first-order chi connectivity index (χ1) is 23.3. The number of hydrogen-bond acceptors (Lipinski definition) is 9. The Bertz CT molecular complexity index is 996. The van der Waals surface area contributed by atoms with Crippen LogP contribution in [0.25, 0.3) is 0 Å². The maximum atomic E-state index is 12.4. The zero-order valence-electron chi connectivity index (χ0n) is 34.0. The maximum absolute atomic E-state index is 12.4. The summed E-state index contributed by atoms with van der Waals surface area (Å²) in [5, 5.41) is 8.34. The number of ketones is 3. The zero-order valence-corrected chi connectivity index (χ0v) is 34.0. The van der Waals surface area contributed by atoms with Crippen molar-refractivity contribution < 1.29 is 43.0 Å². The summed E-state index contributed by atoms with van der Waals surface area (Å²) in [5.41, 5.74) is -2.19.